The van der Waals surface area contributed by atoms with E-state index in [1.807, 2.05) is 0 Å². The van der Waals surface area contributed by atoms with E-state index in [0.29, 0.717) is 21.4 Å². The van der Waals surface area contributed by atoms with Crippen LogP contribution >= 0.6 is 34.8 Å². The van der Waals surface area contributed by atoms with Gasteiger partial charge in [-0.25, -0.2) is 9.82 Å². The van der Waals surface area contributed by atoms with E-state index >= 15 is 0 Å². The predicted molar refractivity (Wildman–Crippen MR) is 114 cm³/mol. The maximum Gasteiger partial charge on any atom is 0.272 e. The lowest BCUT2D eigenvalue weighted by molar-refractivity contribution is 0.0955. The Bertz CT molecular complexity index is 1040. The molecule has 3 rings (SSSR count). The molecular weight excluding hydrogens is 438 g/mol. The van der Waals surface area contributed by atoms with Gasteiger partial charge < -0.3 is 4.74 Å². The fourth-order valence-corrected chi connectivity index (χ4v) is 3.09. The molecule has 4 nitrogen and oxygen atoms in total. The molecule has 148 valence electrons. The summed E-state index contributed by atoms with van der Waals surface area (Å²) < 4.78 is 19.3. The number of ether oxygens (including phenoxy) is 1. The van der Waals surface area contributed by atoms with Gasteiger partial charge in [-0.05, 0) is 60.2 Å². The van der Waals surface area contributed by atoms with Crippen LogP contribution in [0.5, 0.6) is 5.75 Å². The Balaban J connectivity index is 1.56. The van der Waals surface area contributed by atoms with Crippen molar-refractivity contribution in [3.05, 3.63) is 98.2 Å². The molecule has 0 aromatic heterocycles. The molecule has 0 fully saturated rings. The SMILES string of the molecule is O=C(NN=Cc1ccc(OCc2c(F)cccc2Cl)cc1)c1ccc(Cl)cc1Cl. The summed E-state index contributed by atoms with van der Waals surface area (Å²) in [7, 11) is 0. The minimum atomic E-state index is -0.454. The normalized spacial score (nSPS) is 10.9. The Morgan fingerprint density at radius 1 is 1.03 bits per heavy atom. The van der Waals surface area contributed by atoms with Crippen molar-refractivity contribution in [2.45, 2.75) is 6.61 Å². The summed E-state index contributed by atoms with van der Waals surface area (Å²) in [5.41, 5.74) is 3.68. The third-order valence-corrected chi connectivity index (χ3v) is 4.78. The first-order valence-electron chi connectivity index (χ1n) is 8.38. The number of benzene rings is 3. The van der Waals surface area contributed by atoms with Crippen LogP contribution in [0.15, 0.2) is 65.8 Å². The van der Waals surface area contributed by atoms with E-state index in [1.54, 1.807) is 36.4 Å². The first-order valence-corrected chi connectivity index (χ1v) is 9.51. The van der Waals surface area contributed by atoms with Gasteiger partial charge in [0.1, 0.15) is 18.2 Å². The zero-order valence-electron chi connectivity index (χ0n) is 14.8. The molecule has 0 saturated carbocycles. The number of halogens is 4. The monoisotopic (exact) mass is 450 g/mol. The minimum absolute atomic E-state index is 0.0108. The summed E-state index contributed by atoms with van der Waals surface area (Å²) in [4.78, 5) is 12.1. The van der Waals surface area contributed by atoms with E-state index in [2.05, 4.69) is 10.5 Å². The van der Waals surface area contributed by atoms with Crippen molar-refractivity contribution >= 4 is 46.9 Å². The smallest absolute Gasteiger partial charge is 0.272 e. The molecule has 1 N–H and O–H groups in total. The van der Waals surface area contributed by atoms with Crippen molar-refractivity contribution in [1.29, 1.82) is 0 Å². The van der Waals surface area contributed by atoms with Crippen molar-refractivity contribution in [3.8, 4) is 5.75 Å². The van der Waals surface area contributed by atoms with Crippen molar-refractivity contribution < 1.29 is 13.9 Å². The first-order chi connectivity index (χ1) is 13.9. The molecule has 0 aliphatic carbocycles. The van der Waals surface area contributed by atoms with Crippen LogP contribution in [0.1, 0.15) is 21.5 Å². The maximum absolute atomic E-state index is 13.8. The van der Waals surface area contributed by atoms with Gasteiger partial charge in [0.15, 0.2) is 0 Å². The zero-order valence-corrected chi connectivity index (χ0v) is 17.1. The second kappa shape index (κ2) is 9.74. The number of hydrogen-bond acceptors (Lipinski definition) is 3. The summed E-state index contributed by atoms with van der Waals surface area (Å²) in [6, 6.07) is 15.9. The molecule has 0 spiro atoms. The number of amides is 1. The number of carbonyl (C=O) groups is 1. The Hall–Kier alpha value is -2.60. The van der Waals surface area contributed by atoms with E-state index in [-0.39, 0.29) is 17.2 Å². The van der Waals surface area contributed by atoms with Crippen LogP contribution in [0.4, 0.5) is 4.39 Å². The fraction of sp³-hybridized carbons (Fsp3) is 0.0476. The van der Waals surface area contributed by atoms with Crippen LogP contribution in [-0.2, 0) is 6.61 Å². The third kappa shape index (κ3) is 5.70. The highest BCUT2D eigenvalue weighted by Gasteiger charge is 2.10. The number of carbonyl (C=O) groups excluding carboxylic acids is 1. The van der Waals surface area contributed by atoms with Crippen LogP contribution in [-0.4, -0.2) is 12.1 Å². The summed E-state index contributed by atoms with van der Waals surface area (Å²) >= 11 is 17.8. The Kier molecular flexibility index (Phi) is 7.09. The van der Waals surface area contributed by atoms with Crippen LogP contribution in [0.25, 0.3) is 0 Å². The molecule has 0 aliphatic rings. The van der Waals surface area contributed by atoms with Crippen LogP contribution < -0.4 is 10.2 Å². The van der Waals surface area contributed by atoms with Gasteiger partial charge in [0, 0.05) is 10.6 Å². The van der Waals surface area contributed by atoms with Crippen LogP contribution in [0, 0.1) is 5.82 Å². The molecule has 0 aliphatic heterocycles. The standard InChI is InChI=1S/C21H14Cl3FN2O2/c22-14-6-9-16(19(24)10-14)21(28)27-26-11-13-4-7-15(8-5-13)29-12-17-18(23)2-1-3-20(17)25/h1-11H,12H2,(H,27,28). The highest BCUT2D eigenvalue weighted by Crippen LogP contribution is 2.22. The van der Waals surface area contributed by atoms with E-state index in [0.717, 1.165) is 5.56 Å². The highest BCUT2D eigenvalue weighted by atomic mass is 35.5. The van der Waals surface area contributed by atoms with Gasteiger partial charge in [0.25, 0.3) is 5.91 Å². The van der Waals surface area contributed by atoms with Gasteiger partial charge in [0.05, 0.1) is 21.8 Å². The van der Waals surface area contributed by atoms with E-state index in [9.17, 15) is 9.18 Å². The number of rotatable bonds is 6. The number of hydrazone groups is 1. The second-order valence-corrected chi connectivity index (χ2v) is 7.13. The van der Waals surface area contributed by atoms with Crippen molar-refractivity contribution in [2.24, 2.45) is 5.10 Å². The van der Waals surface area contributed by atoms with Crippen molar-refractivity contribution in [2.75, 3.05) is 0 Å². The minimum Gasteiger partial charge on any atom is -0.489 e. The maximum atomic E-state index is 13.8. The Morgan fingerprint density at radius 3 is 2.48 bits per heavy atom. The quantitative estimate of drug-likeness (QED) is 0.362. The largest absolute Gasteiger partial charge is 0.489 e. The molecule has 0 bridgehead atoms. The number of nitrogens with one attached hydrogen (secondary N) is 1. The predicted octanol–water partition coefficient (Wildman–Crippen LogP) is 6.13. The summed E-state index contributed by atoms with van der Waals surface area (Å²) in [5, 5.41) is 4.89. The van der Waals surface area contributed by atoms with Crippen molar-refractivity contribution in [3.63, 3.8) is 0 Å². The Morgan fingerprint density at radius 2 is 1.79 bits per heavy atom. The van der Waals surface area contributed by atoms with Crippen LogP contribution in [0.2, 0.25) is 15.1 Å². The first kappa shape index (κ1) is 21.1. The number of nitrogens with zero attached hydrogens (tertiary/aromatic N) is 1. The molecule has 8 heteroatoms. The summed E-state index contributed by atoms with van der Waals surface area (Å²) in [6.45, 7) is 0.0108. The topological polar surface area (TPSA) is 50.7 Å². The fourth-order valence-electron chi connectivity index (χ4n) is 2.38. The molecule has 3 aromatic rings. The van der Waals surface area contributed by atoms with Gasteiger partial charge in [-0.1, -0.05) is 40.9 Å². The lowest BCUT2D eigenvalue weighted by Crippen LogP contribution is -2.18. The zero-order chi connectivity index (χ0) is 20.8. The Labute approximate surface area is 181 Å². The molecule has 0 radical (unpaired) electrons. The molecular formula is C21H14Cl3FN2O2. The van der Waals surface area contributed by atoms with E-state index in [1.165, 1.54) is 30.5 Å². The second-order valence-electron chi connectivity index (χ2n) is 5.88. The van der Waals surface area contributed by atoms with Gasteiger partial charge in [-0.3, -0.25) is 4.79 Å². The van der Waals surface area contributed by atoms with Crippen LogP contribution in [0.3, 0.4) is 0 Å². The number of hydrogen-bond donors (Lipinski definition) is 1. The lowest BCUT2D eigenvalue weighted by Gasteiger charge is -2.09. The molecule has 29 heavy (non-hydrogen) atoms. The van der Waals surface area contributed by atoms with Gasteiger partial charge >= 0.3 is 0 Å². The highest BCUT2D eigenvalue weighted by molar-refractivity contribution is 6.36. The third-order valence-electron chi connectivity index (χ3n) is 3.88. The van der Waals surface area contributed by atoms with Gasteiger partial charge in [-0.15, -0.1) is 0 Å². The average molecular weight is 452 g/mol. The molecule has 3 aromatic carbocycles. The molecule has 0 unspecified atom stereocenters. The van der Waals surface area contributed by atoms with Crippen molar-refractivity contribution in [1.82, 2.24) is 5.43 Å². The molecule has 0 atom stereocenters. The molecule has 0 heterocycles. The molecule has 0 saturated heterocycles. The van der Waals surface area contributed by atoms with Gasteiger partial charge in [0.2, 0.25) is 0 Å². The summed E-state index contributed by atoms with van der Waals surface area (Å²) in [5.74, 6) is -0.333. The summed E-state index contributed by atoms with van der Waals surface area (Å²) in [6.07, 6.45) is 1.47. The van der Waals surface area contributed by atoms with E-state index < -0.39 is 11.7 Å². The van der Waals surface area contributed by atoms with E-state index in [4.69, 9.17) is 39.5 Å². The average Bonchev–Trinajstić information content (AvgIpc) is 2.68. The van der Waals surface area contributed by atoms with Gasteiger partial charge in [-0.2, -0.15) is 5.10 Å². The lowest BCUT2D eigenvalue weighted by atomic mass is 10.2. The molecule has 1 amide bonds.